The van der Waals surface area contributed by atoms with E-state index in [0.29, 0.717) is 23.7 Å². The maximum atomic E-state index is 12.8. The van der Waals surface area contributed by atoms with Crippen LogP contribution in [0.3, 0.4) is 0 Å². The zero-order chi connectivity index (χ0) is 21.1. The molecule has 0 saturated heterocycles. The molecule has 0 spiro atoms. The largest absolute Gasteiger partial charge is 0.492 e. The molecule has 2 aromatic heterocycles. The number of carbonyl (C=O) groups excluding carboxylic acids is 1. The number of amides is 1. The number of benzene rings is 2. The molecule has 0 radical (unpaired) electrons. The molecule has 0 atom stereocenters. The molecule has 2 aromatic carbocycles. The number of hydrogen-bond donors (Lipinski definition) is 1. The molecular weight excluding hydrogens is 384 g/mol. The highest BCUT2D eigenvalue weighted by Crippen LogP contribution is 2.23. The summed E-state index contributed by atoms with van der Waals surface area (Å²) in [5.41, 5.74) is 2.39. The molecule has 0 aliphatic rings. The van der Waals surface area contributed by atoms with Crippen LogP contribution in [0.25, 0.3) is 16.9 Å². The molecule has 30 heavy (non-hydrogen) atoms. The minimum Gasteiger partial charge on any atom is -0.492 e. The van der Waals surface area contributed by atoms with Gasteiger partial charge in [0.2, 0.25) is 5.91 Å². The van der Waals surface area contributed by atoms with Crippen LogP contribution in [0, 0.1) is 6.92 Å². The average molecular weight is 404 g/mol. The van der Waals surface area contributed by atoms with E-state index < -0.39 is 5.56 Å². The Bertz CT molecular complexity index is 1260. The van der Waals surface area contributed by atoms with Crippen LogP contribution in [-0.4, -0.2) is 37.1 Å². The highest BCUT2D eigenvalue weighted by molar-refractivity contribution is 5.92. The Kier molecular flexibility index (Phi) is 5.25. The maximum Gasteiger partial charge on any atom is 0.284 e. The summed E-state index contributed by atoms with van der Waals surface area (Å²) >= 11 is 0. The van der Waals surface area contributed by atoms with Crippen molar-refractivity contribution < 1.29 is 9.53 Å². The molecular formula is C21H20N6O3. The molecule has 9 nitrogen and oxygen atoms in total. The second-order valence-electron chi connectivity index (χ2n) is 6.66. The second kappa shape index (κ2) is 8.16. The van der Waals surface area contributed by atoms with E-state index in [9.17, 15) is 9.59 Å². The molecule has 2 heterocycles. The number of para-hydroxylation sites is 2. The number of anilines is 1. The minimum atomic E-state index is -0.438. The Hall–Kier alpha value is -4.01. The lowest BCUT2D eigenvalue weighted by Gasteiger charge is -2.11. The topological polar surface area (TPSA) is 104 Å². The molecule has 0 aliphatic heterocycles. The van der Waals surface area contributed by atoms with E-state index in [-0.39, 0.29) is 18.0 Å². The van der Waals surface area contributed by atoms with E-state index in [0.717, 1.165) is 11.3 Å². The van der Waals surface area contributed by atoms with Crippen LogP contribution in [0.1, 0.15) is 12.5 Å². The molecule has 4 aromatic rings. The van der Waals surface area contributed by atoms with Crippen molar-refractivity contribution in [2.45, 2.75) is 20.4 Å². The number of ether oxygens (including phenoxy) is 1. The zero-order valence-corrected chi connectivity index (χ0v) is 16.6. The highest BCUT2D eigenvalue weighted by atomic mass is 16.5. The lowest BCUT2D eigenvalue weighted by molar-refractivity contribution is -0.116. The number of nitrogens with zero attached hydrogens (tertiary/aromatic N) is 5. The highest BCUT2D eigenvalue weighted by Gasteiger charge is 2.15. The van der Waals surface area contributed by atoms with Crippen LogP contribution >= 0.6 is 0 Å². The van der Waals surface area contributed by atoms with E-state index in [4.69, 9.17) is 4.74 Å². The predicted molar refractivity (Wildman–Crippen MR) is 112 cm³/mol. The van der Waals surface area contributed by atoms with Crippen LogP contribution < -0.4 is 15.6 Å². The van der Waals surface area contributed by atoms with Crippen LogP contribution in [0.15, 0.2) is 59.7 Å². The van der Waals surface area contributed by atoms with Gasteiger partial charge in [-0.3, -0.25) is 14.2 Å². The molecule has 1 amide bonds. The first-order valence-electron chi connectivity index (χ1n) is 9.46. The quantitative estimate of drug-likeness (QED) is 0.529. The van der Waals surface area contributed by atoms with Gasteiger partial charge in [-0.25, -0.2) is 4.98 Å². The number of hydrogen-bond acceptors (Lipinski definition) is 6. The van der Waals surface area contributed by atoms with Crippen molar-refractivity contribution in [2.75, 3.05) is 11.9 Å². The molecule has 152 valence electrons. The maximum absolute atomic E-state index is 12.8. The van der Waals surface area contributed by atoms with Crippen LogP contribution in [0.5, 0.6) is 5.75 Å². The van der Waals surface area contributed by atoms with Crippen molar-refractivity contribution in [1.29, 1.82) is 0 Å². The second-order valence-corrected chi connectivity index (χ2v) is 6.66. The van der Waals surface area contributed by atoms with Crippen molar-refractivity contribution >= 4 is 22.8 Å². The summed E-state index contributed by atoms with van der Waals surface area (Å²) in [6, 6.07) is 14.7. The molecule has 0 fully saturated rings. The number of rotatable bonds is 6. The Balaban J connectivity index is 1.58. The molecule has 4 rings (SSSR count). The third-order valence-corrected chi connectivity index (χ3v) is 4.48. The van der Waals surface area contributed by atoms with E-state index in [1.807, 2.05) is 44.2 Å². The summed E-state index contributed by atoms with van der Waals surface area (Å²) in [4.78, 5) is 29.6. The first-order chi connectivity index (χ1) is 14.6. The molecule has 9 heteroatoms. The van der Waals surface area contributed by atoms with Crippen LogP contribution in [-0.2, 0) is 11.3 Å². The van der Waals surface area contributed by atoms with Gasteiger partial charge in [0.25, 0.3) is 5.56 Å². The number of aryl methyl sites for hydroxylation is 1. The first-order valence-corrected chi connectivity index (χ1v) is 9.46. The summed E-state index contributed by atoms with van der Waals surface area (Å²) in [7, 11) is 0. The summed E-state index contributed by atoms with van der Waals surface area (Å²) in [5, 5.41) is 10.8. The first kappa shape index (κ1) is 19.3. The number of carbonyl (C=O) groups is 1. The van der Waals surface area contributed by atoms with Gasteiger partial charge in [-0.05, 0) is 38.1 Å². The normalized spacial score (nSPS) is 10.9. The van der Waals surface area contributed by atoms with Gasteiger partial charge in [-0.15, -0.1) is 5.10 Å². The van der Waals surface area contributed by atoms with E-state index in [2.05, 4.69) is 20.6 Å². The van der Waals surface area contributed by atoms with Gasteiger partial charge in [0.15, 0.2) is 11.2 Å². The fourth-order valence-corrected chi connectivity index (χ4v) is 3.01. The average Bonchev–Trinajstić information content (AvgIpc) is 3.17. The summed E-state index contributed by atoms with van der Waals surface area (Å²) < 4.78 is 8.21. The van der Waals surface area contributed by atoms with Crippen molar-refractivity contribution in [2.24, 2.45) is 0 Å². The Morgan fingerprint density at radius 2 is 1.90 bits per heavy atom. The fourth-order valence-electron chi connectivity index (χ4n) is 3.01. The summed E-state index contributed by atoms with van der Waals surface area (Å²) in [5.74, 6) is 0.187. The van der Waals surface area contributed by atoms with Crippen LogP contribution in [0.2, 0.25) is 0 Å². The Morgan fingerprint density at radius 1 is 1.13 bits per heavy atom. The van der Waals surface area contributed by atoms with E-state index in [1.165, 1.54) is 15.6 Å². The van der Waals surface area contributed by atoms with Crippen molar-refractivity contribution in [3.8, 4) is 11.4 Å². The lowest BCUT2D eigenvalue weighted by Crippen LogP contribution is -2.28. The lowest BCUT2D eigenvalue weighted by atomic mass is 10.2. The van der Waals surface area contributed by atoms with Crippen molar-refractivity contribution in [3.05, 3.63) is 70.8 Å². The van der Waals surface area contributed by atoms with Crippen molar-refractivity contribution in [3.63, 3.8) is 0 Å². The van der Waals surface area contributed by atoms with Gasteiger partial charge < -0.3 is 10.1 Å². The predicted octanol–water partition coefficient (Wildman–Crippen LogP) is 2.32. The number of fused-ring (bicyclic) bond motifs is 1. The molecule has 0 saturated carbocycles. The van der Waals surface area contributed by atoms with Gasteiger partial charge in [0, 0.05) is 0 Å². The third kappa shape index (κ3) is 3.77. The molecule has 1 N–H and O–H groups in total. The van der Waals surface area contributed by atoms with Gasteiger partial charge in [0.05, 0.1) is 18.0 Å². The summed E-state index contributed by atoms with van der Waals surface area (Å²) in [6.45, 7) is 4.12. The monoisotopic (exact) mass is 404 g/mol. The summed E-state index contributed by atoms with van der Waals surface area (Å²) in [6.07, 6.45) is 1.33. The Morgan fingerprint density at radius 3 is 2.67 bits per heavy atom. The van der Waals surface area contributed by atoms with E-state index in [1.54, 1.807) is 18.2 Å². The van der Waals surface area contributed by atoms with Crippen LogP contribution in [0.4, 0.5) is 5.69 Å². The standard InChI is InChI=1S/C21H20N6O3/c1-3-30-17-7-5-4-6-16(17)23-18(28)12-26-13-22-20-19(21(26)29)24-25-27(20)15-10-8-14(2)9-11-15/h4-11,13H,3,12H2,1-2H3,(H,23,28). The molecule has 0 bridgehead atoms. The van der Waals surface area contributed by atoms with Gasteiger partial charge in [0.1, 0.15) is 18.6 Å². The smallest absolute Gasteiger partial charge is 0.284 e. The molecule has 0 aliphatic carbocycles. The minimum absolute atomic E-state index is 0.0978. The van der Waals surface area contributed by atoms with Gasteiger partial charge >= 0.3 is 0 Å². The number of nitrogens with one attached hydrogen (secondary N) is 1. The van der Waals surface area contributed by atoms with Gasteiger partial charge in [-0.1, -0.05) is 35.0 Å². The zero-order valence-electron chi connectivity index (χ0n) is 16.6. The fraction of sp³-hybridized carbons (Fsp3) is 0.190. The Labute approximate surface area is 171 Å². The SMILES string of the molecule is CCOc1ccccc1NC(=O)Cn1cnc2c(nnn2-c2ccc(C)cc2)c1=O. The van der Waals surface area contributed by atoms with Gasteiger partial charge in [-0.2, -0.15) is 4.68 Å². The molecule has 0 unspecified atom stereocenters. The van der Waals surface area contributed by atoms with Crippen molar-refractivity contribution in [1.82, 2.24) is 24.5 Å². The van der Waals surface area contributed by atoms with E-state index >= 15 is 0 Å². The number of aromatic nitrogens is 5. The third-order valence-electron chi connectivity index (χ3n) is 4.48.